The van der Waals surface area contributed by atoms with E-state index in [-0.39, 0.29) is 17.3 Å². The van der Waals surface area contributed by atoms with E-state index in [4.69, 9.17) is 16.7 Å². The van der Waals surface area contributed by atoms with E-state index >= 15 is 0 Å². The summed E-state index contributed by atoms with van der Waals surface area (Å²) in [6, 6.07) is 3.27. The number of aliphatic hydroxyl groups is 1. The van der Waals surface area contributed by atoms with E-state index in [0.717, 1.165) is 12.1 Å². The smallest absolute Gasteiger partial charge is 0.387 e. The van der Waals surface area contributed by atoms with Crippen molar-refractivity contribution in [3.8, 4) is 11.4 Å². The number of hydrogen-bond acceptors (Lipinski definition) is 4. The lowest BCUT2D eigenvalue weighted by Crippen LogP contribution is -2.06. The molecule has 1 aromatic carbocycles. The maximum atomic E-state index is 12.6. The molecule has 0 aliphatic rings. The van der Waals surface area contributed by atoms with Crippen LogP contribution in [0.5, 0.6) is 0 Å². The van der Waals surface area contributed by atoms with Crippen LogP contribution in [-0.2, 0) is 12.8 Å². The van der Waals surface area contributed by atoms with Gasteiger partial charge in [-0.3, -0.25) is 0 Å². The molecule has 0 aliphatic carbocycles. The first-order chi connectivity index (χ1) is 8.41. The molecule has 8 heteroatoms. The van der Waals surface area contributed by atoms with Crippen LogP contribution in [-0.4, -0.2) is 15.2 Å². The number of benzene rings is 1. The summed E-state index contributed by atoms with van der Waals surface area (Å²) in [6.45, 7) is -0.479. The van der Waals surface area contributed by atoms with Gasteiger partial charge in [0.1, 0.15) is 6.61 Å². The van der Waals surface area contributed by atoms with Crippen molar-refractivity contribution in [2.24, 2.45) is 0 Å². The van der Waals surface area contributed by atoms with Gasteiger partial charge in [0.05, 0.1) is 10.6 Å². The van der Waals surface area contributed by atoms with E-state index in [0.29, 0.717) is 0 Å². The largest absolute Gasteiger partial charge is 0.417 e. The van der Waals surface area contributed by atoms with Crippen LogP contribution in [0.15, 0.2) is 22.7 Å². The van der Waals surface area contributed by atoms with Crippen molar-refractivity contribution in [3.05, 3.63) is 34.7 Å². The highest BCUT2D eigenvalue weighted by atomic mass is 35.5. The van der Waals surface area contributed by atoms with Gasteiger partial charge in [-0.15, -0.1) is 0 Å². The van der Waals surface area contributed by atoms with E-state index in [1.165, 1.54) is 6.07 Å². The van der Waals surface area contributed by atoms with Crippen LogP contribution in [0, 0.1) is 0 Å². The molecule has 18 heavy (non-hydrogen) atoms. The number of hydrogen-bond donors (Lipinski definition) is 1. The highest BCUT2D eigenvalue weighted by Gasteiger charge is 2.33. The van der Waals surface area contributed by atoms with Crippen LogP contribution >= 0.6 is 11.6 Å². The van der Waals surface area contributed by atoms with Crippen LogP contribution in [0.25, 0.3) is 11.4 Å². The van der Waals surface area contributed by atoms with E-state index in [9.17, 15) is 13.2 Å². The Morgan fingerprint density at radius 1 is 1.33 bits per heavy atom. The predicted molar refractivity (Wildman–Crippen MR) is 55.7 cm³/mol. The van der Waals surface area contributed by atoms with Crippen molar-refractivity contribution in [1.29, 1.82) is 0 Å². The summed E-state index contributed by atoms with van der Waals surface area (Å²) in [5, 5.41) is 11.8. The quantitative estimate of drug-likeness (QED) is 0.917. The first-order valence-corrected chi connectivity index (χ1v) is 5.10. The lowest BCUT2D eigenvalue weighted by Gasteiger charge is -2.09. The second kappa shape index (κ2) is 4.58. The number of halogens is 4. The highest BCUT2D eigenvalue weighted by Crippen LogP contribution is 2.36. The Morgan fingerprint density at radius 3 is 2.61 bits per heavy atom. The number of nitrogens with zero attached hydrogens (tertiary/aromatic N) is 2. The van der Waals surface area contributed by atoms with E-state index in [2.05, 4.69) is 14.7 Å². The van der Waals surface area contributed by atoms with Gasteiger partial charge in [0.2, 0.25) is 5.82 Å². The fraction of sp³-hybridized carbons (Fsp3) is 0.200. The molecule has 4 nitrogen and oxygen atoms in total. The van der Waals surface area contributed by atoms with Crippen molar-refractivity contribution >= 4 is 11.6 Å². The van der Waals surface area contributed by atoms with Gasteiger partial charge in [-0.05, 0) is 18.2 Å². The molecule has 0 fully saturated rings. The van der Waals surface area contributed by atoms with Gasteiger partial charge in [-0.25, -0.2) is 0 Å². The van der Waals surface area contributed by atoms with Crippen molar-refractivity contribution < 1.29 is 22.8 Å². The third-order valence-electron chi connectivity index (χ3n) is 2.13. The van der Waals surface area contributed by atoms with Gasteiger partial charge in [0.15, 0.2) is 0 Å². The molecule has 0 unspecified atom stereocenters. The first-order valence-electron chi connectivity index (χ1n) is 4.72. The number of alkyl halides is 3. The standard InChI is InChI=1S/C10H6ClF3N2O2/c11-7-2-1-5(3-6(7)10(12,13)14)9-15-8(4-17)18-16-9/h1-3,17H,4H2. The molecule has 2 rings (SSSR count). The Kier molecular flexibility index (Phi) is 3.27. The second-order valence-electron chi connectivity index (χ2n) is 3.36. The van der Waals surface area contributed by atoms with E-state index < -0.39 is 23.4 Å². The van der Waals surface area contributed by atoms with Gasteiger partial charge in [0.25, 0.3) is 5.89 Å². The Bertz CT molecular complexity index is 568. The molecule has 2 aromatic rings. The molecule has 0 amide bonds. The highest BCUT2D eigenvalue weighted by molar-refractivity contribution is 6.31. The molecule has 0 radical (unpaired) electrons. The summed E-state index contributed by atoms with van der Waals surface area (Å²) in [5.74, 6) is -0.116. The van der Waals surface area contributed by atoms with Gasteiger partial charge in [0, 0.05) is 5.56 Å². The molecule has 0 saturated heterocycles. The molecule has 0 atom stereocenters. The van der Waals surface area contributed by atoms with Crippen molar-refractivity contribution in [3.63, 3.8) is 0 Å². The minimum Gasteiger partial charge on any atom is -0.387 e. The zero-order chi connectivity index (χ0) is 13.3. The minimum atomic E-state index is -4.56. The molecule has 96 valence electrons. The predicted octanol–water partition coefficient (Wildman–Crippen LogP) is 2.90. The number of rotatable bonds is 2. The first kappa shape index (κ1) is 12.8. The zero-order valence-corrected chi connectivity index (χ0v) is 9.46. The summed E-state index contributed by atoms with van der Waals surface area (Å²) < 4.78 is 42.5. The summed E-state index contributed by atoms with van der Waals surface area (Å²) in [6.07, 6.45) is -4.56. The Labute approximate surface area is 104 Å². The summed E-state index contributed by atoms with van der Waals surface area (Å²) >= 11 is 5.48. The Balaban J connectivity index is 2.47. The van der Waals surface area contributed by atoms with Crippen LogP contribution in [0.4, 0.5) is 13.2 Å². The number of aromatic nitrogens is 2. The molecule has 1 heterocycles. The molecule has 0 saturated carbocycles. The second-order valence-corrected chi connectivity index (χ2v) is 3.77. The normalized spacial score (nSPS) is 11.8. The summed E-state index contributed by atoms with van der Waals surface area (Å²) in [4.78, 5) is 3.71. The fourth-order valence-corrected chi connectivity index (χ4v) is 1.54. The molecule has 1 aromatic heterocycles. The van der Waals surface area contributed by atoms with Crippen molar-refractivity contribution in [2.75, 3.05) is 0 Å². The Hall–Kier alpha value is -1.60. The van der Waals surface area contributed by atoms with Gasteiger partial charge >= 0.3 is 6.18 Å². The van der Waals surface area contributed by atoms with Gasteiger partial charge < -0.3 is 9.63 Å². The average molecular weight is 279 g/mol. The fourth-order valence-electron chi connectivity index (χ4n) is 1.32. The monoisotopic (exact) mass is 278 g/mol. The lowest BCUT2D eigenvalue weighted by molar-refractivity contribution is -0.137. The maximum absolute atomic E-state index is 12.6. The molecule has 0 bridgehead atoms. The third-order valence-corrected chi connectivity index (χ3v) is 2.46. The topological polar surface area (TPSA) is 59.2 Å². The van der Waals surface area contributed by atoms with Gasteiger partial charge in [-0.2, -0.15) is 18.2 Å². The molecule has 0 aliphatic heterocycles. The SMILES string of the molecule is OCc1nc(-c2ccc(Cl)c(C(F)(F)F)c2)no1. The third kappa shape index (κ3) is 2.46. The number of aliphatic hydroxyl groups excluding tert-OH is 1. The minimum absolute atomic E-state index is 0.0405. The van der Waals surface area contributed by atoms with Crippen molar-refractivity contribution in [1.82, 2.24) is 10.1 Å². The molecular formula is C10H6ClF3N2O2. The van der Waals surface area contributed by atoms with Crippen molar-refractivity contribution in [2.45, 2.75) is 12.8 Å². The lowest BCUT2D eigenvalue weighted by atomic mass is 10.1. The maximum Gasteiger partial charge on any atom is 0.417 e. The molecule has 0 spiro atoms. The summed E-state index contributed by atoms with van der Waals surface area (Å²) in [5.41, 5.74) is -0.868. The van der Waals surface area contributed by atoms with Crippen LogP contribution < -0.4 is 0 Å². The molecular weight excluding hydrogens is 273 g/mol. The van der Waals surface area contributed by atoms with E-state index in [1.54, 1.807) is 0 Å². The zero-order valence-electron chi connectivity index (χ0n) is 8.70. The van der Waals surface area contributed by atoms with E-state index in [1.807, 2.05) is 0 Å². The van der Waals surface area contributed by atoms with Gasteiger partial charge in [-0.1, -0.05) is 16.8 Å². The summed E-state index contributed by atoms with van der Waals surface area (Å²) in [7, 11) is 0. The van der Waals surface area contributed by atoms with Crippen LogP contribution in [0.3, 0.4) is 0 Å². The van der Waals surface area contributed by atoms with Crippen LogP contribution in [0.2, 0.25) is 5.02 Å². The Morgan fingerprint density at radius 2 is 2.06 bits per heavy atom. The van der Waals surface area contributed by atoms with Crippen LogP contribution in [0.1, 0.15) is 11.5 Å². The average Bonchev–Trinajstić information content (AvgIpc) is 2.76. The molecule has 1 N–H and O–H groups in total.